The smallest absolute Gasteiger partial charge is 0.157 e. The average molecular weight is 233 g/mol. The van der Waals surface area contributed by atoms with Gasteiger partial charge in [-0.2, -0.15) is 5.10 Å². The van der Waals surface area contributed by atoms with Crippen LogP contribution < -0.4 is 10.5 Å². The number of ether oxygens (including phenoxy) is 1. The Morgan fingerprint density at radius 2 is 2.12 bits per heavy atom. The van der Waals surface area contributed by atoms with Gasteiger partial charge in [0.25, 0.3) is 0 Å². The van der Waals surface area contributed by atoms with Crippen molar-refractivity contribution in [3.63, 3.8) is 0 Å². The molecule has 1 aromatic carbocycles. The molecular weight excluding hydrogens is 218 g/mol. The number of nitrogens with zero attached hydrogens (tertiary/aromatic N) is 2. The fourth-order valence-electron chi connectivity index (χ4n) is 1.36. The molecule has 1 aromatic heterocycles. The number of rotatable bonds is 4. The Balaban J connectivity index is 2.10. The SMILES string of the molecule is CC(N)COc1cnn(-c2ccc(O)cc2)c1. The molecule has 1 atom stereocenters. The number of phenolic OH excluding ortho intramolecular Hbond substituents is 1. The highest BCUT2D eigenvalue weighted by atomic mass is 16.5. The predicted molar refractivity (Wildman–Crippen MR) is 64.4 cm³/mol. The zero-order valence-electron chi connectivity index (χ0n) is 9.58. The van der Waals surface area contributed by atoms with E-state index in [0.29, 0.717) is 12.4 Å². The third-order valence-electron chi connectivity index (χ3n) is 2.19. The molecule has 0 amide bonds. The van der Waals surface area contributed by atoms with Crippen molar-refractivity contribution < 1.29 is 9.84 Å². The Hall–Kier alpha value is -2.01. The van der Waals surface area contributed by atoms with Gasteiger partial charge in [-0.3, -0.25) is 0 Å². The van der Waals surface area contributed by atoms with E-state index < -0.39 is 0 Å². The van der Waals surface area contributed by atoms with Gasteiger partial charge in [0, 0.05) is 6.04 Å². The maximum Gasteiger partial charge on any atom is 0.157 e. The Morgan fingerprint density at radius 3 is 2.76 bits per heavy atom. The summed E-state index contributed by atoms with van der Waals surface area (Å²) in [5.41, 5.74) is 6.45. The summed E-state index contributed by atoms with van der Waals surface area (Å²) in [6.07, 6.45) is 3.41. The van der Waals surface area contributed by atoms with E-state index in [2.05, 4.69) is 5.10 Å². The predicted octanol–water partition coefficient (Wildman–Crippen LogP) is 1.30. The molecule has 5 nitrogen and oxygen atoms in total. The molecule has 0 saturated carbocycles. The molecule has 3 N–H and O–H groups in total. The van der Waals surface area contributed by atoms with E-state index in [1.165, 1.54) is 0 Å². The van der Waals surface area contributed by atoms with Crippen molar-refractivity contribution >= 4 is 0 Å². The van der Waals surface area contributed by atoms with E-state index >= 15 is 0 Å². The van der Waals surface area contributed by atoms with Crippen LogP contribution in [0.25, 0.3) is 5.69 Å². The van der Waals surface area contributed by atoms with Gasteiger partial charge in [0.15, 0.2) is 5.75 Å². The number of phenols is 1. The van der Waals surface area contributed by atoms with E-state index in [1.54, 1.807) is 41.3 Å². The second-order valence-electron chi connectivity index (χ2n) is 3.93. The molecule has 17 heavy (non-hydrogen) atoms. The van der Waals surface area contributed by atoms with Crippen LogP contribution in [0, 0.1) is 0 Å². The lowest BCUT2D eigenvalue weighted by atomic mass is 10.3. The van der Waals surface area contributed by atoms with Gasteiger partial charge in [-0.1, -0.05) is 0 Å². The van der Waals surface area contributed by atoms with Crippen molar-refractivity contribution in [1.82, 2.24) is 9.78 Å². The summed E-state index contributed by atoms with van der Waals surface area (Å²) in [4.78, 5) is 0. The molecule has 0 spiro atoms. The molecule has 0 bridgehead atoms. The van der Waals surface area contributed by atoms with Crippen molar-refractivity contribution in [2.45, 2.75) is 13.0 Å². The van der Waals surface area contributed by atoms with Crippen LogP contribution in [0.5, 0.6) is 11.5 Å². The fourth-order valence-corrected chi connectivity index (χ4v) is 1.36. The van der Waals surface area contributed by atoms with Crippen LogP contribution in [-0.2, 0) is 0 Å². The minimum absolute atomic E-state index is 0.00739. The van der Waals surface area contributed by atoms with Crippen molar-refractivity contribution in [3.8, 4) is 17.2 Å². The molecule has 90 valence electrons. The second-order valence-corrected chi connectivity index (χ2v) is 3.93. The van der Waals surface area contributed by atoms with E-state index in [-0.39, 0.29) is 11.8 Å². The summed E-state index contributed by atoms with van der Waals surface area (Å²) in [7, 11) is 0. The number of aromatic nitrogens is 2. The topological polar surface area (TPSA) is 73.3 Å². The zero-order valence-corrected chi connectivity index (χ0v) is 9.58. The van der Waals surface area contributed by atoms with Crippen LogP contribution in [0.1, 0.15) is 6.92 Å². The summed E-state index contributed by atoms with van der Waals surface area (Å²) < 4.78 is 7.11. The van der Waals surface area contributed by atoms with E-state index in [1.807, 2.05) is 6.92 Å². The van der Waals surface area contributed by atoms with Crippen LogP contribution in [0.3, 0.4) is 0 Å². The van der Waals surface area contributed by atoms with E-state index in [9.17, 15) is 5.11 Å². The molecule has 2 rings (SSSR count). The van der Waals surface area contributed by atoms with Crippen molar-refractivity contribution in [2.75, 3.05) is 6.61 Å². The molecule has 0 saturated heterocycles. The molecule has 5 heteroatoms. The van der Waals surface area contributed by atoms with Gasteiger partial charge in [0.2, 0.25) is 0 Å². The quantitative estimate of drug-likeness (QED) is 0.835. The summed E-state index contributed by atoms with van der Waals surface area (Å²) in [5, 5.41) is 13.3. The van der Waals surface area contributed by atoms with Crippen LogP contribution in [-0.4, -0.2) is 27.5 Å². The first-order valence-corrected chi connectivity index (χ1v) is 5.37. The van der Waals surface area contributed by atoms with Crippen LogP contribution in [0.2, 0.25) is 0 Å². The van der Waals surface area contributed by atoms with Gasteiger partial charge in [0.05, 0.1) is 18.1 Å². The Labute approximate surface area is 99.4 Å². The van der Waals surface area contributed by atoms with E-state index in [0.717, 1.165) is 5.69 Å². The third kappa shape index (κ3) is 2.98. The van der Waals surface area contributed by atoms with Gasteiger partial charge in [0.1, 0.15) is 12.4 Å². The summed E-state index contributed by atoms with van der Waals surface area (Å²) in [5.74, 6) is 0.907. The highest BCUT2D eigenvalue weighted by Gasteiger charge is 2.03. The average Bonchev–Trinajstić information content (AvgIpc) is 2.76. The number of nitrogens with two attached hydrogens (primary N) is 1. The molecule has 0 radical (unpaired) electrons. The number of aromatic hydroxyl groups is 1. The normalized spacial score (nSPS) is 12.4. The highest BCUT2D eigenvalue weighted by molar-refractivity contribution is 5.37. The van der Waals surface area contributed by atoms with Crippen molar-refractivity contribution in [1.29, 1.82) is 0 Å². The molecule has 1 unspecified atom stereocenters. The van der Waals surface area contributed by atoms with Crippen molar-refractivity contribution in [3.05, 3.63) is 36.7 Å². The van der Waals surface area contributed by atoms with Gasteiger partial charge in [-0.25, -0.2) is 4.68 Å². The van der Waals surface area contributed by atoms with Crippen LogP contribution >= 0.6 is 0 Å². The maximum absolute atomic E-state index is 9.19. The maximum atomic E-state index is 9.19. The largest absolute Gasteiger partial charge is 0.508 e. The second kappa shape index (κ2) is 4.88. The minimum Gasteiger partial charge on any atom is -0.508 e. The van der Waals surface area contributed by atoms with Gasteiger partial charge in [-0.05, 0) is 31.2 Å². The molecule has 1 heterocycles. The zero-order chi connectivity index (χ0) is 12.3. The molecule has 2 aromatic rings. The third-order valence-corrected chi connectivity index (χ3v) is 2.19. The van der Waals surface area contributed by atoms with Crippen molar-refractivity contribution in [2.24, 2.45) is 5.73 Å². The Morgan fingerprint density at radius 1 is 1.41 bits per heavy atom. The van der Waals surface area contributed by atoms with Gasteiger partial charge in [-0.15, -0.1) is 0 Å². The summed E-state index contributed by atoms with van der Waals surface area (Å²) in [6.45, 7) is 2.34. The number of hydrogen-bond acceptors (Lipinski definition) is 4. The van der Waals surface area contributed by atoms with Gasteiger partial charge < -0.3 is 15.6 Å². The van der Waals surface area contributed by atoms with Crippen LogP contribution in [0.15, 0.2) is 36.7 Å². The Bertz CT molecular complexity index is 477. The molecule has 0 aliphatic rings. The Kier molecular flexibility index (Phi) is 3.30. The first kappa shape index (κ1) is 11.5. The molecule has 0 fully saturated rings. The number of benzene rings is 1. The lowest BCUT2D eigenvalue weighted by Gasteiger charge is -2.05. The molecule has 0 aliphatic carbocycles. The standard InChI is InChI=1S/C12H15N3O2/c1-9(13)8-17-12-6-14-15(7-12)10-2-4-11(16)5-3-10/h2-7,9,16H,8,13H2,1H3. The molecular formula is C12H15N3O2. The number of hydrogen-bond donors (Lipinski definition) is 2. The van der Waals surface area contributed by atoms with Gasteiger partial charge >= 0.3 is 0 Å². The minimum atomic E-state index is -0.00739. The first-order valence-electron chi connectivity index (χ1n) is 5.37. The summed E-state index contributed by atoms with van der Waals surface area (Å²) in [6, 6.07) is 6.76. The first-order chi connectivity index (χ1) is 8.15. The van der Waals surface area contributed by atoms with Crippen LogP contribution in [0.4, 0.5) is 0 Å². The monoisotopic (exact) mass is 233 g/mol. The molecule has 0 aliphatic heterocycles. The highest BCUT2D eigenvalue weighted by Crippen LogP contribution is 2.16. The summed E-state index contributed by atoms with van der Waals surface area (Å²) >= 11 is 0. The lowest BCUT2D eigenvalue weighted by Crippen LogP contribution is -2.23. The lowest BCUT2D eigenvalue weighted by molar-refractivity contribution is 0.296. The fraction of sp³-hybridized carbons (Fsp3) is 0.250. The van der Waals surface area contributed by atoms with E-state index in [4.69, 9.17) is 10.5 Å².